The molecule has 0 aromatic heterocycles. The van der Waals surface area contributed by atoms with Crippen LogP contribution >= 0.6 is 0 Å². The van der Waals surface area contributed by atoms with Gasteiger partial charge in [-0.25, -0.2) is 0 Å². The fourth-order valence-corrected chi connectivity index (χ4v) is 2.33. The van der Waals surface area contributed by atoms with Crippen molar-refractivity contribution >= 4 is 5.78 Å². The zero-order chi connectivity index (χ0) is 12.9. The monoisotopic (exact) mass is 242 g/mol. The van der Waals surface area contributed by atoms with Crippen LogP contribution in [0.5, 0.6) is 0 Å². The summed E-state index contributed by atoms with van der Waals surface area (Å²) in [6.07, 6.45) is 2.39. The molecular formula is C14H26O3. The van der Waals surface area contributed by atoms with Crippen molar-refractivity contribution in [2.45, 2.75) is 53.1 Å². The molecule has 1 fully saturated rings. The fraction of sp³-hybridized carbons (Fsp3) is 0.929. The number of carbonyl (C=O) groups is 1. The van der Waals surface area contributed by atoms with E-state index < -0.39 is 0 Å². The van der Waals surface area contributed by atoms with E-state index in [1.54, 1.807) is 0 Å². The van der Waals surface area contributed by atoms with Crippen molar-refractivity contribution in [2.24, 2.45) is 11.3 Å². The molecule has 17 heavy (non-hydrogen) atoms. The molecule has 0 amide bonds. The summed E-state index contributed by atoms with van der Waals surface area (Å²) in [7, 11) is 0. The van der Waals surface area contributed by atoms with Gasteiger partial charge < -0.3 is 9.47 Å². The average Bonchev–Trinajstić information content (AvgIpc) is 2.25. The summed E-state index contributed by atoms with van der Waals surface area (Å²) in [6, 6.07) is 0. The smallest absolute Gasteiger partial charge is 0.162 e. The highest BCUT2D eigenvalue weighted by atomic mass is 16.5. The highest BCUT2D eigenvalue weighted by molar-refractivity contribution is 5.84. The van der Waals surface area contributed by atoms with E-state index in [0.717, 1.165) is 26.1 Å². The highest BCUT2D eigenvalue weighted by Gasteiger charge is 2.33. The summed E-state index contributed by atoms with van der Waals surface area (Å²) >= 11 is 0. The lowest BCUT2D eigenvalue weighted by molar-refractivity contribution is -0.138. The third-order valence-corrected chi connectivity index (χ3v) is 3.24. The molecule has 0 radical (unpaired) electrons. The van der Waals surface area contributed by atoms with Gasteiger partial charge in [0.25, 0.3) is 0 Å². The third-order valence-electron chi connectivity index (χ3n) is 3.24. The number of rotatable bonds is 5. The second-order valence-corrected chi connectivity index (χ2v) is 5.93. The van der Waals surface area contributed by atoms with Gasteiger partial charge in [-0.1, -0.05) is 20.8 Å². The predicted octanol–water partition coefficient (Wildman–Crippen LogP) is 2.82. The average molecular weight is 242 g/mol. The Morgan fingerprint density at radius 2 is 1.94 bits per heavy atom. The van der Waals surface area contributed by atoms with Crippen LogP contribution in [-0.4, -0.2) is 31.7 Å². The fourth-order valence-electron chi connectivity index (χ4n) is 2.33. The van der Waals surface area contributed by atoms with Crippen molar-refractivity contribution < 1.29 is 14.3 Å². The molecule has 1 aliphatic heterocycles. The molecule has 3 heteroatoms. The Balaban J connectivity index is 2.52. The molecule has 0 aromatic rings. The lowest BCUT2D eigenvalue weighted by Crippen LogP contribution is -2.38. The van der Waals surface area contributed by atoms with Crippen molar-refractivity contribution in [2.75, 3.05) is 19.8 Å². The quantitative estimate of drug-likeness (QED) is 0.743. The molecule has 0 aromatic carbocycles. The summed E-state index contributed by atoms with van der Waals surface area (Å²) in [5.74, 6) is 0.743. The largest absolute Gasteiger partial charge is 0.381 e. The topological polar surface area (TPSA) is 35.5 Å². The van der Waals surface area contributed by atoms with Gasteiger partial charge >= 0.3 is 0 Å². The zero-order valence-electron chi connectivity index (χ0n) is 11.6. The number of ketones is 1. The molecule has 3 nitrogen and oxygen atoms in total. The van der Waals surface area contributed by atoms with Crippen molar-refractivity contribution in [3.8, 4) is 0 Å². The van der Waals surface area contributed by atoms with E-state index in [2.05, 4.69) is 20.8 Å². The van der Waals surface area contributed by atoms with Gasteiger partial charge in [0.15, 0.2) is 5.78 Å². The van der Waals surface area contributed by atoms with Crippen LogP contribution in [0.1, 0.15) is 47.0 Å². The molecule has 0 saturated carbocycles. The molecule has 0 aliphatic carbocycles. The summed E-state index contributed by atoms with van der Waals surface area (Å²) in [6.45, 7) is 10.3. The Bertz CT molecular complexity index is 236. The molecular weight excluding hydrogens is 216 g/mol. The number of hydrogen-bond acceptors (Lipinski definition) is 3. The lowest BCUT2D eigenvalue weighted by Gasteiger charge is -2.31. The Hall–Kier alpha value is -0.410. The lowest BCUT2D eigenvalue weighted by atomic mass is 9.82. The van der Waals surface area contributed by atoms with Crippen LogP contribution in [0.25, 0.3) is 0 Å². The maximum Gasteiger partial charge on any atom is 0.162 e. The standard InChI is InChI=1S/C14H26O3/c1-5-17-13(14(2,3)4)12(15)10-11-6-8-16-9-7-11/h11,13H,5-10H2,1-4H3. The highest BCUT2D eigenvalue weighted by Crippen LogP contribution is 2.27. The Kier molecular flexibility index (Phi) is 5.60. The van der Waals surface area contributed by atoms with Crippen LogP contribution in [0.4, 0.5) is 0 Å². The zero-order valence-corrected chi connectivity index (χ0v) is 11.6. The summed E-state index contributed by atoms with van der Waals surface area (Å²) in [5.41, 5.74) is -0.113. The van der Waals surface area contributed by atoms with Crippen LogP contribution in [0, 0.1) is 11.3 Å². The minimum atomic E-state index is -0.268. The van der Waals surface area contributed by atoms with Gasteiger partial charge in [-0.2, -0.15) is 0 Å². The first-order valence-corrected chi connectivity index (χ1v) is 6.67. The number of Topliss-reactive ketones (excluding diaryl/α,β-unsaturated/α-hetero) is 1. The SMILES string of the molecule is CCOC(C(=O)CC1CCOCC1)C(C)(C)C. The van der Waals surface area contributed by atoms with Crippen LogP contribution in [0.15, 0.2) is 0 Å². The van der Waals surface area contributed by atoms with Gasteiger partial charge in [-0.3, -0.25) is 4.79 Å². The molecule has 1 saturated heterocycles. The Morgan fingerprint density at radius 1 is 1.35 bits per heavy atom. The van der Waals surface area contributed by atoms with E-state index in [-0.39, 0.29) is 17.3 Å². The van der Waals surface area contributed by atoms with E-state index in [4.69, 9.17) is 9.47 Å². The van der Waals surface area contributed by atoms with E-state index in [1.165, 1.54) is 0 Å². The first kappa shape index (κ1) is 14.7. The van der Waals surface area contributed by atoms with E-state index in [0.29, 0.717) is 18.9 Å². The molecule has 1 atom stereocenters. The van der Waals surface area contributed by atoms with E-state index in [1.807, 2.05) is 6.92 Å². The molecule has 1 rings (SSSR count). The second-order valence-electron chi connectivity index (χ2n) is 5.93. The number of hydrogen-bond donors (Lipinski definition) is 0. The van der Waals surface area contributed by atoms with Crippen LogP contribution in [0.2, 0.25) is 0 Å². The van der Waals surface area contributed by atoms with Gasteiger partial charge in [0.2, 0.25) is 0 Å². The van der Waals surface area contributed by atoms with Gasteiger partial charge in [0.05, 0.1) is 0 Å². The van der Waals surface area contributed by atoms with E-state index >= 15 is 0 Å². The van der Waals surface area contributed by atoms with Crippen molar-refractivity contribution in [1.29, 1.82) is 0 Å². The molecule has 1 aliphatic rings. The van der Waals surface area contributed by atoms with Crippen LogP contribution in [-0.2, 0) is 14.3 Å². The second kappa shape index (κ2) is 6.50. The molecule has 0 N–H and O–H groups in total. The van der Waals surface area contributed by atoms with Gasteiger partial charge in [0.1, 0.15) is 6.10 Å². The third kappa shape index (κ3) is 4.76. The van der Waals surface area contributed by atoms with Gasteiger partial charge in [-0.15, -0.1) is 0 Å². The molecule has 100 valence electrons. The van der Waals surface area contributed by atoms with Gasteiger partial charge in [-0.05, 0) is 31.1 Å². The maximum absolute atomic E-state index is 12.3. The molecule has 0 bridgehead atoms. The van der Waals surface area contributed by atoms with Crippen molar-refractivity contribution in [1.82, 2.24) is 0 Å². The molecule has 1 unspecified atom stereocenters. The number of ether oxygens (including phenoxy) is 2. The number of carbonyl (C=O) groups excluding carboxylic acids is 1. The van der Waals surface area contributed by atoms with Crippen molar-refractivity contribution in [3.63, 3.8) is 0 Å². The minimum Gasteiger partial charge on any atom is -0.381 e. The van der Waals surface area contributed by atoms with E-state index in [9.17, 15) is 4.79 Å². The predicted molar refractivity (Wildman–Crippen MR) is 68.0 cm³/mol. The molecule has 1 heterocycles. The normalized spacial score (nSPS) is 20.2. The summed E-state index contributed by atoms with van der Waals surface area (Å²) in [5, 5.41) is 0. The first-order valence-electron chi connectivity index (χ1n) is 6.67. The maximum atomic E-state index is 12.3. The van der Waals surface area contributed by atoms with Crippen LogP contribution in [0.3, 0.4) is 0 Å². The van der Waals surface area contributed by atoms with Gasteiger partial charge in [0, 0.05) is 26.2 Å². The molecule has 0 spiro atoms. The van der Waals surface area contributed by atoms with Crippen molar-refractivity contribution in [3.05, 3.63) is 0 Å². The van der Waals surface area contributed by atoms with Crippen LogP contribution < -0.4 is 0 Å². The minimum absolute atomic E-state index is 0.113. The first-order chi connectivity index (χ1) is 7.95. The Morgan fingerprint density at radius 3 is 2.41 bits per heavy atom. The summed E-state index contributed by atoms with van der Waals surface area (Å²) < 4.78 is 10.9. The Labute approximate surface area is 105 Å². The summed E-state index contributed by atoms with van der Waals surface area (Å²) in [4.78, 5) is 12.3.